The Balaban J connectivity index is 2.09. The Bertz CT molecular complexity index is 402. The molecule has 0 aliphatic carbocycles. The summed E-state index contributed by atoms with van der Waals surface area (Å²) in [6.07, 6.45) is 1.97. The second-order valence-corrected chi connectivity index (χ2v) is 5.32. The van der Waals surface area contributed by atoms with Gasteiger partial charge in [-0.15, -0.1) is 0 Å². The zero-order valence-electron chi connectivity index (χ0n) is 11.2. The summed E-state index contributed by atoms with van der Waals surface area (Å²) < 4.78 is 0. The number of carbonyl (C=O) groups excluding carboxylic acids is 1. The first kappa shape index (κ1) is 13.1. The topological polar surface area (TPSA) is 41.1 Å². The van der Waals surface area contributed by atoms with Crippen LogP contribution in [0.4, 0.5) is 0 Å². The molecular formula is C15H22N2O. The molecule has 1 atom stereocenters. The summed E-state index contributed by atoms with van der Waals surface area (Å²) in [6, 6.07) is 10.2. The molecule has 1 fully saturated rings. The van der Waals surface area contributed by atoms with Gasteiger partial charge < -0.3 is 5.32 Å². The maximum absolute atomic E-state index is 12.2. The first-order valence-corrected chi connectivity index (χ1v) is 6.72. The zero-order chi connectivity index (χ0) is 13.0. The van der Waals surface area contributed by atoms with Gasteiger partial charge in [-0.05, 0) is 24.3 Å². The van der Waals surface area contributed by atoms with Gasteiger partial charge in [0.05, 0.1) is 0 Å². The molecule has 18 heavy (non-hydrogen) atoms. The number of rotatable bonds is 4. The predicted octanol–water partition coefficient (Wildman–Crippen LogP) is 2.08. The molecule has 2 N–H and O–H groups in total. The van der Waals surface area contributed by atoms with E-state index in [4.69, 9.17) is 0 Å². The van der Waals surface area contributed by atoms with Gasteiger partial charge in [0.1, 0.15) is 5.54 Å². The van der Waals surface area contributed by atoms with Gasteiger partial charge in [-0.25, -0.2) is 0 Å². The van der Waals surface area contributed by atoms with E-state index < -0.39 is 5.54 Å². The van der Waals surface area contributed by atoms with E-state index in [9.17, 15) is 4.79 Å². The highest BCUT2D eigenvalue weighted by atomic mass is 16.2. The van der Waals surface area contributed by atoms with E-state index in [0.717, 1.165) is 25.9 Å². The average Bonchev–Trinajstić information content (AvgIpc) is 2.39. The number of piperidine rings is 1. The Morgan fingerprint density at radius 2 is 2.06 bits per heavy atom. The van der Waals surface area contributed by atoms with Gasteiger partial charge in [0.15, 0.2) is 0 Å². The molecule has 0 saturated carbocycles. The third-order valence-corrected chi connectivity index (χ3v) is 3.88. The van der Waals surface area contributed by atoms with Crippen molar-refractivity contribution in [3.63, 3.8) is 0 Å². The second-order valence-electron chi connectivity index (χ2n) is 5.32. The van der Waals surface area contributed by atoms with Gasteiger partial charge in [0.2, 0.25) is 5.91 Å². The zero-order valence-corrected chi connectivity index (χ0v) is 11.2. The monoisotopic (exact) mass is 246 g/mol. The van der Waals surface area contributed by atoms with Crippen molar-refractivity contribution < 1.29 is 4.79 Å². The minimum Gasteiger partial charge on any atom is -0.354 e. The molecular weight excluding hydrogens is 224 g/mol. The van der Waals surface area contributed by atoms with E-state index in [2.05, 4.69) is 36.6 Å². The second kappa shape index (κ2) is 5.53. The highest BCUT2D eigenvalue weighted by Crippen LogP contribution is 2.26. The van der Waals surface area contributed by atoms with Crippen LogP contribution >= 0.6 is 0 Å². The van der Waals surface area contributed by atoms with Gasteiger partial charge in [-0.1, -0.05) is 44.2 Å². The average molecular weight is 246 g/mol. The Kier molecular flexibility index (Phi) is 4.02. The highest BCUT2D eigenvalue weighted by molar-refractivity contribution is 5.87. The molecule has 0 unspecified atom stereocenters. The molecule has 0 aromatic heterocycles. The van der Waals surface area contributed by atoms with Gasteiger partial charge in [-0.2, -0.15) is 0 Å². The van der Waals surface area contributed by atoms with Crippen LogP contribution in [0.2, 0.25) is 0 Å². The van der Waals surface area contributed by atoms with Crippen molar-refractivity contribution >= 4 is 5.91 Å². The van der Waals surface area contributed by atoms with Crippen LogP contribution < -0.4 is 10.6 Å². The standard InChI is InChI=1S/C15H22N2O/c1-12(2)15(9-6-10-16-14(15)18)17-11-13-7-4-3-5-8-13/h3-5,7-8,12,17H,6,9-11H2,1-2H3,(H,16,18)/t15-/m1/s1. The molecule has 98 valence electrons. The molecule has 1 heterocycles. The number of amides is 1. The number of hydrogen-bond donors (Lipinski definition) is 2. The fourth-order valence-electron chi connectivity index (χ4n) is 2.62. The van der Waals surface area contributed by atoms with Crippen molar-refractivity contribution in [2.75, 3.05) is 6.54 Å². The Hall–Kier alpha value is -1.35. The lowest BCUT2D eigenvalue weighted by atomic mass is 9.79. The van der Waals surface area contributed by atoms with Gasteiger partial charge in [0.25, 0.3) is 0 Å². The van der Waals surface area contributed by atoms with Crippen molar-refractivity contribution in [3.05, 3.63) is 35.9 Å². The van der Waals surface area contributed by atoms with Crippen molar-refractivity contribution in [3.8, 4) is 0 Å². The predicted molar refractivity (Wildman–Crippen MR) is 73.1 cm³/mol. The lowest BCUT2D eigenvalue weighted by Gasteiger charge is -2.40. The third-order valence-electron chi connectivity index (χ3n) is 3.88. The molecule has 3 heteroatoms. The van der Waals surface area contributed by atoms with E-state index in [1.807, 2.05) is 18.2 Å². The fourth-order valence-corrected chi connectivity index (χ4v) is 2.62. The maximum atomic E-state index is 12.2. The minimum absolute atomic E-state index is 0.152. The summed E-state index contributed by atoms with van der Waals surface area (Å²) in [4.78, 5) is 12.2. The summed E-state index contributed by atoms with van der Waals surface area (Å²) in [5.74, 6) is 0.446. The van der Waals surface area contributed by atoms with E-state index in [1.165, 1.54) is 5.56 Å². The lowest BCUT2D eigenvalue weighted by Crippen LogP contribution is -2.62. The molecule has 1 aromatic carbocycles. The summed E-state index contributed by atoms with van der Waals surface area (Å²) in [5, 5.41) is 6.48. The SMILES string of the molecule is CC(C)[C@]1(NCc2ccccc2)CCCNC1=O. The molecule has 0 spiro atoms. The van der Waals surface area contributed by atoms with Crippen LogP contribution in [0.3, 0.4) is 0 Å². The molecule has 1 aliphatic heterocycles. The summed E-state index contributed by atoms with van der Waals surface area (Å²) in [7, 11) is 0. The number of nitrogens with one attached hydrogen (secondary N) is 2. The Morgan fingerprint density at radius 1 is 1.33 bits per heavy atom. The first-order valence-electron chi connectivity index (χ1n) is 6.72. The summed E-state index contributed by atoms with van der Waals surface area (Å²) >= 11 is 0. The number of hydrogen-bond acceptors (Lipinski definition) is 2. The minimum atomic E-state index is -0.409. The quantitative estimate of drug-likeness (QED) is 0.854. The van der Waals surface area contributed by atoms with Gasteiger partial charge >= 0.3 is 0 Å². The van der Waals surface area contributed by atoms with Crippen LogP contribution in [0.5, 0.6) is 0 Å². The molecule has 2 rings (SSSR count). The fraction of sp³-hybridized carbons (Fsp3) is 0.533. The maximum Gasteiger partial charge on any atom is 0.240 e. The van der Waals surface area contributed by atoms with Crippen molar-refractivity contribution in [1.29, 1.82) is 0 Å². The van der Waals surface area contributed by atoms with Crippen LogP contribution in [0, 0.1) is 5.92 Å². The van der Waals surface area contributed by atoms with Crippen molar-refractivity contribution in [2.45, 2.75) is 38.8 Å². The molecule has 1 amide bonds. The molecule has 1 saturated heterocycles. The van der Waals surface area contributed by atoms with E-state index in [-0.39, 0.29) is 5.91 Å². The summed E-state index contributed by atoms with van der Waals surface area (Å²) in [6.45, 7) is 5.78. The largest absolute Gasteiger partial charge is 0.354 e. The normalized spacial score (nSPS) is 24.1. The number of carbonyl (C=O) groups is 1. The van der Waals surface area contributed by atoms with E-state index >= 15 is 0 Å². The smallest absolute Gasteiger partial charge is 0.240 e. The number of benzene rings is 1. The third kappa shape index (κ3) is 2.56. The van der Waals surface area contributed by atoms with Crippen LogP contribution in [-0.2, 0) is 11.3 Å². The van der Waals surface area contributed by atoms with Crippen LogP contribution in [0.15, 0.2) is 30.3 Å². The van der Waals surface area contributed by atoms with Crippen LogP contribution in [0.25, 0.3) is 0 Å². The molecule has 1 aliphatic rings. The Morgan fingerprint density at radius 3 is 2.67 bits per heavy atom. The highest BCUT2D eigenvalue weighted by Gasteiger charge is 2.42. The van der Waals surface area contributed by atoms with Gasteiger partial charge in [-0.3, -0.25) is 10.1 Å². The molecule has 0 bridgehead atoms. The molecule has 0 radical (unpaired) electrons. The molecule has 3 nitrogen and oxygen atoms in total. The Labute approximate surface area is 109 Å². The van der Waals surface area contributed by atoms with Crippen molar-refractivity contribution in [1.82, 2.24) is 10.6 Å². The van der Waals surface area contributed by atoms with Crippen LogP contribution in [-0.4, -0.2) is 18.0 Å². The summed E-state index contributed by atoms with van der Waals surface area (Å²) in [5.41, 5.74) is 0.810. The van der Waals surface area contributed by atoms with Gasteiger partial charge in [0, 0.05) is 13.1 Å². The first-order chi connectivity index (χ1) is 8.65. The van der Waals surface area contributed by atoms with Crippen molar-refractivity contribution in [2.24, 2.45) is 5.92 Å². The molecule has 1 aromatic rings. The van der Waals surface area contributed by atoms with E-state index in [1.54, 1.807) is 0 Å². The van der Waals surface area contributed by atoms with Crippen LogP contribution in [0.1, 0.15) is 32.3 Å². The van der Waals surface area contributed by atoms with E-state index in [0.29, 0.717) is 5.92 Å². The lowest BCUT2D eigenvalue weighted by molar-refractivity contribution is -0.131.